The van der Waals surface area contributed by atoms with Gasteiger partial charge in [-0.3, -0.25) is 0 Å². The Morgan fingerprint density at radius 3 is 1.68 bits per heavy atom. The van der Waals surface area contributed by atoms with E-state index in [0.717, 1.165) is 64.3 Å². The molecule has 0 spiro atoms. The van der Waals surface area contributed by atoms with Crippen LogP contribution in [0.5, 0.6) is 0 Å². The third-order valence-electron chi connectivity index (χ3n) is 5.65. The highest BCUT2D eigenvalue weighted by Crippen LogP contribution is 2.31. The van der Waals surface area contributed by atoms with Gasteiger partial charge < -0.3 is 28.5 Å². The first-order valence-corrected chi connectivity index (χ1v) is 12.7. The number of ether oxygens (including phenoxy) is 5. The minimum Gasteiger partial charge on any atom is -0.379 e. The van der Waals surface area contributed by atoms with Gasteiger partial charge in [-0.25, -0.2) is 0 Å². The largest absolute Gasteiger partial charge is 0.379 e. The summed E-state index contributed by atoms with van der Waals surface area (Å²) >= 11 is 0. The summed E-state index contributed by atoms with van der Waals surface area (Å²) in [7, 11) is 0. The van der Waals surface area contributed by atoms with Gasteiger partial charge in [-0.2, -0.15) is 0 Å². The fraction of sp³-hybridized carbons (Fsp3) is 0.960. The van der Waals surface area contributed by atoms with E-state index >= 15 is 0 Å². The molecule has 1 aliphatic rings. The number of aldehydes is 1. The van der Waals surface area contributed by atoms with Crippen molar-refractivity contribution in [2.24, 2.45) is 0 Å². The Labute approximate surface area is 190 Å². The van der Waals surface area contributed by atoms with E-state index in [4.69, 9.17) is 23.7 Å². The van der Waals surface area contributed by atoms with E-state index in [1.165, 1.54) is 0 Å². The van der Waals surface area contributed by atoms with Crippen LogP contribution < -0.4 is 0 Å². The Balaban J connectivity index is 3.03. The van der Waals surface area contributed by atoms with Crippen LogP contribution in [0.4, 0.5) is 0 Å². The van der Waals surface area contributed by atoms with E-state index in [9.17, 15) is 4.79 Å². The van der Waals surface area contributed by atoms with Crippen LogP contribution in [0.25, 0.3) is 0 Å². The van der Waals surface area contributed by atoms with Crippen molar-refractivity contribution in [2.75, 3.05) is 33.0 Å². The molecule has 0 aromatic carbocycles. The Morgan fingerprint density at radius 1 is 0.677 bits per heavy atom. The van der Waals surface area contributed by atoms with Gasteiger partial charge >= 0.3 is 0 Å². The topological polar surface area (TPSA) is 63.2 Å². The average molecular weight is 445 g/mol. The van der Waals surface area contributed by atoms with E-state index in [1.54, 1.807) is 0 Å². The predicted molar refractivity (Wildman–Crippen MR) is 124 cm³/mol. The van der Waals surface area contributed by atoms with Crippen molar-refractivity contribution in [3.05, 3.63) is 0 Å². The van der Waals surface area contributed by atoms with Gasteiger partial charge in [-0.1, -0.05) is 53.4 Å². The van der Waals surface area contributed by atoms with Crippen molar-refractivity contribution in [1.29, 1.82) is 0 Å². The normalized spacial score (nSPS) is 26.3. The van der Waals surface area contributed by atoms with E-state index in [1.807, 2.05) is 0 Å². The van der Waals surface area contributed by atoms with E-state index in [2.05, 4.69) is 27.7 Å². The van der Waals surface area contributed by atoms with Crippen molar-refractivity contribution in [2.45, 2.75) is 122 Å². The summed E-state index contributed by atoms with van der Waals surface area (Å²) in [5.74, 6) is 0. The second kappa shape index (κ2) is 19.0. The average Bonchev–Trinajstić information content (AvgIpc) is 2.78. The minimum absolute atomic E-state index is 0.195. The molecule has 6 heteroatoms. The maximum atomic E-state index is 11.1. The molecule has 1 heterocycles. The minimum atomic E-state index is -0.234. The van der Waals surface area contributed by atoms with Crippen LogP contribution in [-0.4, -0.2) is 69.8 Å². The molecule has 1 fully saturated rings. The quantitative estimate of drug-likeness (QED) is 0.192. The SMILES string of the molecule is CCCCOCC1O[C@H](CCC=O)C(OCCCC)[C@@H](OCCCC)[C@H]1OCCCC. The number of rotatable bonds is 20. The molecule has 0 bridgehead atoms. The van der Waals surface area contributed by atoms with Crippen LogP contribution in [0.3, 0.4) is 0 Å². The molecule has 0 aromatic rings. The van der Waals surface area contributed by atoms with Crippen LogP contribution in [0, 0.1) is 0 Å². The summed E-state index contributed by atoms with van der Waals surface area (Å²) in [5.41, 5.74) is 0. The molecule has 0 saturated carbocycles. The van der Waals surface area contributed by atoms with Gasteiger partial charge in [0.2, 0.25) is 0 Å². The molecule has 184 valence electrons. The van der Waals surface area contributed by atoms with E-state index < -0.39 is 0 Å². The molecule has 5 atom stereocenters. The maximum Gasteiger partial charge on any atom is 0.120 e. The Kier molecular flexibility index (Phi) is 17.5. The number of hydrogen-bond acceptors (Lipinski definition) is 6. The van der Waals surface area contributed by atoms with Gasteiger partial charge in [-0.15, -0.1) is 0 Å². The lowest BCUT2D eigenvalue weighted by Gasteiger charge is -2.46. The smallest absolute Gasteiger partial charge is 0.120 e. The van der Waals surface area contributed by atoms with E-state index in [0.29, 0.717) is 39.3 Å². The van der Waals surface area contributed by atoms with Gasteiger partial charge in [0.25, 0.3) is 0 Å². The summed E-state index contributed by atoms with van der Waals surface area (Å²) < 4.78 is 31.5. The van der Waals surface area contributed by atoms with Crippen molar-refractivity contribution < 1.29 is 28.5 Å². The molecule has 1 saturated heterocycles. The highest BCUT2D eigenvalue weighted by Gasteiger charge is 2.47. The lowest BCUT2D eigenvalue weighted by molar-refractivity contribution is -0.266. The fourth-order valence-electron chi connectivity index (χ4n) is 3.72. The van der Waals surface area contributed by atoms with E-state index in [-0.39, 0.29) is 30.5 Å². The molecular formula is C25H48O6. The molecule has 0 radical (unpaired) electrons. The van der Waals surface area contributed by atoms with Gasteiger partial charge in [-0.05, 0) is 32.1 Å². The van der Waals surface area contributed by atoms with Crippen LogP contribution >= 0.6 is 0 Å². The molecule has 1 aliphatic heterocycles. The molecule has 0 aliphatic carbocycles. The first kappa shape index (κ1) is 28.5. The Bertz CT molecular complexity index is 419. The summed E-state index contributed by atoms with van der Waals surface area (Å²) in [6.07, 6.45) is 9.26. The number of carbonyl (C=O) groups excluding carboxylic acids is 1. The Hall–Kier alpha value is -0.530. The Morgan fingerprint density at radius 2 is 1.16 bits per heavy atom. The maximum absolute atomic E-state index is 11.1. The molecule has 6 nitrogen and oxygen atoms in total. The summed E-state index contributed by atoms with van der Waals surface area (Å²) in [4.78, 5) is 11.1. The molecule has 2 unspecified atom stereocenters. The molecule has 0 N–H and O–H groups in total. The van der Waals surface area contributed by atoms with Gasteiger partial charge in [0.1, 0.15) is 30.7 Å². The summed E-state index contributed by atoms with van der Waals surface area (Å²) in [6, 6.07) is 0. The third kappa shape index (κ3) is 11.2. The monoisotopic (exact) mass is 444 g/mol. The second-order valence-corrected chi connectivity index (χ2v) is 8.45. The zero-order chi connectivity index (χ0) is 22.7. The van der Waals surface area contributed by atoms with Crippen molar-refractivity contribution in [1.82, 2.24) is 0 Å². The first-order valence-electron chi connectivity index (χ1n) is 12.7. The zero-order valence-corrected chi connectivity index (χ0v) is 20.5. The molecule has 0 aromatic heterocycles. The summed E-state index contributed by atoms with van der Waals surface area (Å²) in [5, 5.41) is 0. The lowest BCUT2D eigenvalue weighted by Crippen LogP contribution is -2.61. The van der Waals surface area contributed by atoms with Crippen LogP contribution in [0.2, 0.25) is 0 Å². The molecule has 1 rings (SSSR count). The van der Waals surface area contributed by atoms with Crippen LogP contribution in [-0.2, 0) is 28.5 Å². The van der Waals surface area contributed by atoms with Crippen molar-refractivity contribution in [3.8, 4) is 0 Å². The predicted octanol–water partition coefficient (Wildman–Crippen LogP) is 5.11. The lowest BCUT2D eigenvalue weighted by atomic mass is 9.92. The number of unbranched alkanes of at least 4 members (excludes halogenated alkanes) is 4. The molecule has 0 amide bonds. The van der Waals surface area contributed by atoms with Crippen molar-refractivity contribution >= 4 is 6.29 Å². The second-order valence-electron chi connectivity index (χ2n) is 8.45. The standard InChI is InChI=1S/C25H48O6/c1-5-9-16-27-20-22-24(29-18-11-7-3)25(30-19-12-8-4)23(28-17-10-6-2)21(31-22)14-13-15-26/h15,21-25H,5-14,16-20H2,1-4H3/t21-,22?,23?,24+,25-/m1/s1. The first-order chi connectivity index (χ1) is 15.2. The van der Waals surface area contributed by atoms with Gasteiger partial charge in [0.15, 0.2) is 0 Å². The highest BCUT2D eigenvalue weighted by molar-refractivity contribution is 5.49. The molecular weight excluding hydrogens is 396 g/mol. The number of carbonyl (C=O) groups is 1. The highest BCUT2D eigenvalue weighted by atomic mass is 16.6. The van der Waals surface area contributed by atoms with Gasteiger partial charge in [0.05, 0.1) is 12.7 Å². The van der Waals surface area contributed by atoms with Gasteiger partial charge in [0, 0.05) is 32.8 Å². The molecule has 31 heavy (non-hydrogen) atoms. The van der Waals surface area contributed by atoms with Crippen LogP contribution in [0.1, 0.15) is 91.9 Å². The third-order valence-corrected chi connectivity index (χ3v) is 5.65. The fourth-order valence-corrected chi connectivity index (χ4v) is 3.72. The number of hydrogen-bond donors (Lipinski definition) is 0. The zero-order valence-electron chi connectivity index (χ0n) is 20.5. The van der Waals surface area contributed by atoms with Crippen LogP contribution in [0.15, 0.2) is 0 Å². The van der Waals surface area contributed by atoms with Crippen molar-refractivity contribution in [3.63, 3.8) is 0 Å². The summed E-state index contributed by atoms with van der Waals surface area (Å²) in [6.45, 7) is 11.8.